The Bertz CT molecular complexity index is 646. The lowest BCUT2D eigenvalue weighted by Crippen LogP contribution is -2.23. The largest absolute Gasteiger partial charge is 0.309 e. The lowest BCUT2D eigenvalue weighted by Gasteiger charge is -2.23. The van der Waals surface area contributed by atoms with Crippen LogP contribution in [0.15, 0.2) is 18.2 Å². The maximum absolute atomic E-state index is 13.3. The number of rotatable bonds is 1. The van der Waals surface area contributed by atoms with Crippen LogP contribution in [-0.2, 0) is 4.79 Å². The van der Waals surface area contributed by atoms with Crippen molar-refractivity contribution in [1.29, 1.82) is 0 Å². The van der Waals surface area contributed by atoms with Crippen molar-refractivity contribution in [2.45, 2.75) is 19.3 Å². The second kappa shape index (κ2) is 4.15. The summed E-state index contributed by atoms with van der Waals surface area (Å²) in [6.45, 7) is 1.81. The van der Waals surface area contributed by atoms with Crippen LogP contribution in [0.25, 0.3) is 0 Å². The second-order valence-electron chi connectivity index (χ2n) is 4.62. The van der Waals surface area contributed by atoms with Gasteiger partial charge in [0, 0.05) is 29.7 Å². The highest BCUT2D eigenvalue weighted by molar-refractivity contribution is 5.94. The number of nitrogens with one attached hydrogen (secondary N) is 2. The highest BCUT2D eigenvalue weighted by Gasteiger charge is 2.30. The first kappa shape index (κ1) is 11.8. The SMILES string of the molecule is Cc1[nH]nc2c1[C@@H](c1cc(F)cc(F)c1)CC(=O)N2. The summed E-state index contributed by atoms with van der Waals surface area (Å²) in [6, 6.07) is 3.32. The van der Waals surface area contributed by atoms with Crippen LogP contribution >= 0.6 is 0 Å². The molecule has 3 rings (SSSR count). The Balaban J connectivity index is 2.14. The molecule has 2 N–H and O–H groups in total. The zero-order valence-corrected chi connectivity index (χ0v) is 10.1. The van der Waals surface area contributed by atoms with E-state index in [9.17, 15) is 13.6 Å². The lowest BCUT2D eigenvalue weighted by molar-refractivity contribution is -0.116. The molecular formula is C13H11F2N3O. The number of amides is 1. The molecule has 1 amide bonds. The first-order chi connectivity index (χ1) is 9.04. The molecule has 0 spiro atoms. The summed E-state index contributed by atoms with van der Waals surface area (Å²) >= 11 is 0. The van der Waals surface area contributed by atoms with Gasteiger partial charge in [0.25, 0.3) is 0 Å². The maximum atomic E-state index is 13.3. The van der Waals surface area contributed by atoms with Crippen LogP contribution in [0.5, 0.6) is 0 Å². The van der Waals surface area contributed by atoms with E-state index >= 15 is 0 Å². The van der Waals surface area contributed by atoms with Crippen molar-refractivity contribution in [3.05, 3.63) is 46.7 Å². The van der Waals surface area contributed by atoms with E-state index in [0.717, 1.165) is 17.3 Å². The number of nitrogens with zero attached hydrogens (tertiary/aromatic N) is 1. The number of aromatic amines is 1. The van der Waals surface area contributed by atoms with Crippen molar-refractivity contribution >= 4 is 11.7 Å². The van der Waals surface area contributed by atoms with Gasteiger partial charge in [-0.15, -0.1) is 0 Å². The Morgan fingerprint density at radius 2 is 1.95 bits per heavy atom. The van der Waals surface area contributed by atoms with Crippen LogP contribution in [0.2, 0.25) is 0 Å². The third-order valence-corrected chi connectivity index (χ3v) is 3.28. The van der Waals surface area contributed by atoms with Crippen molar-refractivity contribution in [2.24, 2.45) is 0 Å². The predicted molar refractivity (Wildman–Crippen MR) is 64.8 cm³/mol. The number of H-pyrrole nitrogens is 1. The molecule has 0 radical (unpaired) electrons. The molecule has 1 atom stereocenters. The van der Waals surface area contributed by atoms with Gasteiger partial charge in [0.2, 0.25) is 5.91 Å². The van der Waals surface area contributed by atoms with Gasteiger partial charge in [-0.3, -0.25) is 9.89 Å². The summed E-state index contributed by atoms with van der Waals surface area (Å²) in [5.74, 6) is -1.46. The molecule has 0 bridgehead atoms. The molecule has 0 unspecified atom stereocenters. The van der Waals surface area contributed by atoms with E-state index in [1.807, 2.05) is 6.92 Å². The molecule has 98 valence electrons. The zero-order valence-electron chi connectivity index (χ0n) is 10.1. The second-order valence-corrected chi connectivity index (χ2v) is 4.62. The third-order valence-electron chi connectivity index (χ3n) is 3.28. The molecule has 19 heavy (non-hydrogen) atoms. The normalized spacial score (nSPS) is 18.1. The monoisotopic (exact) mass is 263 g/mol. The molecule has 2 aromatic rings. The molecule has 2 heterocycles. The van der Waals surface area contributed by atoms with Gasteiger partial charge < -0.3 is 5.32 Å². The number of carbonyl (C=O) groups excluding carboxylic acids is 1. The third kappa shape index (κ3) is 1.99. The van der Waals surface area contributed by atoms with E-state index in [4.69, 9.17) is 0 Å². The molecule has 1 aliphatic heterocycles. The van der Waals surface area contributed by atoms with Gasteiger partial charge in [-0.25, -0.2) is 8.78 Å². The molecule has 1 aromatic carbocycles. The number of aryl methyl sites for hydroxylation is 1. The molecule has 0 aliphatic carbocycles. The maximum Gasteiger partial charge on any atom is 0.226 e. The number of halogens is 2. The average Bonchev–Trinajstić information content (AvgIpc) is 2.68. The summed E-state index contributed by atoms with van der Waals surface area (Å²) in [7, 11) is 0. The predicted octanol–water partition coefficient (Wildman–Crippen LogP) is 2.47. The Kier molecular flexibility index (Phi) is 2.58. The van der Waals surface area contributed by atoms with Crippen LogP contribution in [0.3, 0.4) is 0 Å². The highest BCUT2D eigenvalue weighted by Crippen LogP contribution is 2.38. The average molecular weight is 263 g/mol. The smallest absolute Gasteiger partial charge is 0.226 e. The Hall–Kier alpha value is -2.24. The van der Waals surface area contributed by atoms with Crippen molar-refractivity contribution in [1.82, 2.24) is 10.2 Å². The minimum Gasteiger partial charge on any atom is -0.309 e. The highest BCUT2D eigenvalue weighted by atomic mass is 19.1. The number of hydrogen-bond acceptors (Lipinski definition) is 2. The van der Waals surface area contributed by atoms with E-state index in [1.165, 1.54) is 12.1 Å². The fourth-order valence-electron chi connectivity index (χ4n) is 2.49. The number of aromatic nitrogens is 2. The topological polar surface area (TPSA) is 57.8 Å². The standard InChI is InChI=1S/C13H11F2N3O/c1-6-12-10(5-11(19)16-13(12)18-17-6)7-2-8(14)4-9(15)3-7/h2-4,10H,5H2,1H3,(H2,16,17,18,19)/t10-/m1/s1. The van der Waals surface area contributed by atoms with Crippen molar-refractivity contribution in [3.8, 4) is 0 Å². The Morgan fingerprint density at radius 1 is 1.26 bits per heavy atom. The summed E-state index contributed by atoms with van der Waals surface area (Å²) in [4.78, 5) is 11.6. The minimum absolute atomic E-state index is 0.149. The molecular weight excluding hydrogens is 252 g/mol. The van der Waals surface area contributed by atoms with Crippen LogP contribution < -0.4 is 5.32 Å². The van der Waals surface area contributed by atoms with Gasteiger partial charge in [-0.05, 0) is 24.6 Å². The van der Waals surface area contributed by atoms with Crippen LogP contribution in [0, 0.1) is 18.6 Å². The van der Waals surface area contributed by atoms with Gasteiger partial charge in [0.15, 0.2) is 5.82 Å². The van der Waals surface area contributed by atoms with E-state index in [1.54, 1.807) is 0 Å². The number of hydrogen-bond donors (Lipinski definition) is 2. The molecule has 0 saturated heterocycles. The number of anilines is 1. The van der Waals surface area contributed by atoms with E-state index in [0.29, 0.717) is 11.4 Å². The summed E-state index contributed by atoms with van der Waals surface area (Å²) in [6.07, 6.45) is 0.149. The molecule has 1 aromatic heterocycles. The number of benzene rings is 1. The first-order valence-corrected chi connectivity index (χ1v) is 5.85. The molecule has 4 nitrogen and oxygen atoms in total. The van der Waals surface area contributed by atoms with Crippen molar-refractivity contribution in [2.75, 3.05) is 5.32 Å². The van der Waals surface area contributed by atoms with Gasteiger partial charge in [-0.1, -0.05) is 0 Å². The summed E-state index contributed by atoms with van der Waals surface area (Å²) < 4.78 is 26.6. The lowest BCUT2D eigenvalue weighted by atomic mass is 9.86. The molecule has 6 heteroatoms. The van der Waals surface area contributed by atoms with Gasteiger partial charge in [0.05, 0.1) is 0 Å². The van der Waals surface area contributed by atoms with E-state index in [2.05, 4.69) is 15.5 Å². The molecule has 1 aliphatic rings. The fourth-order valence-corrected chi connectivity index (χ4v) is 2.49. The first-order valence-electron chi connectivity index (χ1n) is 5.85. The Morgan fingerprint density at radius 3 is 2.63 bits per heavy atom. The Labute approximate surface area is 107 Å². The molecule has 0 fully saturated rings. The van der Waals surface area contributed by atoms with Crippen LogP contribution in [0.1, 0.15) is 29.2 Å². The van der Waals surface area contributed by atoms with Crippen molar-refractivity contribution in [3.63, 3.8) is 0 Å². The molecule has 0 saturated carbocycles. The van der Waals surface area contributed by atoms with Gasteiger partial charge in [0.1, 0.15) is 11.6 Å². The van der Waals surface area contributed by atoms with E-state index < -0.39 is 11.6 Å². The van der Waals surface area contributed by atoms with E-state index in [-0.39, 0.29) is 18.2 Å². The summed E-state index contributed by atoms with van der Waals surface area (Å²) in [5, 5.41) is 9.40. The van der Waals surface area contributed by atoms with Crippen LogP contribution in [-0.4, -0.2) is 16.1 Å². The fraction of sp³-hybridized carbons (Fsp3) is 0.231. The van der Waals surface area contributed by atoms with Gasteiger partial charge in [-0.2, -0.15) is 5.10 Å². The van der Waals surface area contributed by atoms with Crippen LogP contribution in [0.4, 0.5) is 14.6 Å². The minimum atomic E-state index is -0.649. The summed E-state index contributed by atoms with van der Waals surface area (Å²) in [5.41, 5.74) is 2.01. The number of fused-ring (bicyclic) bond motifs is 1. The number of carbonyl (C=O) groups is 1. The van der Waals surface area contributed by atoms with Crippen molar-refractivity contribution < 1.29 is 13.6 Å². The van der Waals surface area contributed by atoms with Gasteiger partial charge >= 0.3 is 0 Å². The zero-order chi connectivity index (χ0) is 13.6. The quantitative estimate of drug-likeness (QED) is 0.830.